The van der Waals surface area contributed by atoms with Crippen LogP contribution in [0.2, 0.25) is 5.02 Å². The molecule has 0 radical (unpaired) electrons. The van der Waals surface area contributed by atoms with Crippen molar-refractivity contribution in [1.29, 1.82) is 0 Å². The molecular weight excluding hydrogens is 364 g/mol. The molecule has 0 spiro atoms. The van der Waals surface area contributed by atoms with Gasteiger partial charge in [0.05, 0.1) is 29.9 Å². The van der Waals surface area contributed by atoms with Gasteiger partial charge in [-0.2, -0.15) is 0 Å². The molecule has 3 rings (SSSR count). The van der Waals surface area contributed by atoms with Crippen molar-refractivity contribution in [2.24, 2.45) is 0 Å². The van der Waals surface area contributed by atoms with E-state index in [0.717, 1.165) is 17.1 Å². The van der Waals surface area contributed by atoms with Gasteiger partial charge in [-0.05, 0) is 44.2 Å². The lowest BCUT2D eigenvalue weighted by Gasteiger charge is -2.18. The topological polar surface area (TPSA) is 47.6 Å². The van der Waals surface area contributed by atoms with E-state index in [0.29, 0.717) is 36.0 Å². The van der Waals surface area contributed by atoms with Crippen LogP contribution in [0, 0.1) is 13.8 Å². The second kappa shape index (κ2) is 8.35. The molecular formula is C21H23ClN2O3. The van der Waals surface area contributed by atoms with Crippen LogP contribution in [-0.4, -0.2) is 35.6 Å². The maximum Gasteiger partial charge on any atom is 0.255 e. The molecule has 1 amide bonds. The van der Waals surface area contributed by atoms with Gasteiger partial charge in [-0.1, -0.05) is 23.7 Å². The van der Waals surface area contributed by atoms with Crippen LogP contribution in [0.1, 0.15) is 27.5 Å². The number of benzene rings is 1. The molecule has 0 bridgehead atoms. The summed E-state index contributed by atoms with van der Waals surface area (Å²) in [4.78, 5) is 14.5. The third kappa shape index (κ3) is 4.37. The number of rotatable bonds is 7. The molecule has 0 aliphatic rings. The number of nitrogens with zero attached hydrogens (tertiary/aromatic N) is 2. The average molecular weight is 387 g/mol. The Kier molecular flexibility index (Phi) is 5.91. The largest absolute Gasteiger partial charge is 0.490 e. The van der Waals surface area contributed by atoms with Crippen LogP contribution in [0.4, 0.5) is 0 Å². The lowest BCUT2D eigenvalue weighted by molar-refractivity contribution is 0.0773. The van der Waals surface area contributed by atoms with Gasteiger partial charge in [-0.25, -0.2) is 0 Å². The molecule has 27 heavy (non-hydrogen) atoms. The average Bonchev–Trinajstić information content (AvgIpc) is 3.26. The van der Waals surface area contributed by atoms with E-state index in [-0.39, 0.29) is 5.91 Å². The van der Waals surface area contributed by atoms with Gasteiger partial charge >= 0.3 is 0 Å². The lowest BCUT2D eigenvalue weighted by Crippen LogP contribution is -2.31. The molecule has 0 N–H and O–H groups in total. The second-order valence-corrected chi connectivity index (χ2v) is 6.86. The highest BCUT2D eigenvalue weighted by Crippen LogP contribution is 2.23. The smallest absolute Gasteiger partial charge is 0.255 e. The molecule has 0 aliphatic heterocycles. The maximum atomic E-state index is 12.9. The fourth-order valence-corrected chi connectivity index (χ4v) is 3.17. The number of hydrogen-bond acceptors (Lipinski definition) is 3. The number of carbonyl (C=O) groups excluding carboxylic acids is 1. The van der Waals surface area contributed by atoms with Crippen LogP contribution in [0.5, 0.6) is 5.75 Å². The lowest BCUT2D eigenvalue weighted by atomic mass is 10.2. The molecule has 3 aromatic rings. The van der Waals surface area contributed by atoms with E-state index < -0.39 is 0 Å². The van der Waals surface area contributed by atoms with Gasteiger partial charge in [-0.15, -0.1) is 0 Å². The van der Waals surface area contributed by atoms with E-state index in [1.165, 1.54) is 0 Å². The predicted molar refractivity (Wildman–Crippen MR) is 106 cm³/mol. The summed E-state index contributed by atoms with van der Waals surface area (Å²) < 4.78 is 13.2. The maximum absolute atomic E-state index is 12.9. The molecule has 6 heteroatoms. The van der Waals surface area contributed by atoms with Crippen molar-refractivity contribution in [2.45, 2.75) is 20.4 Å². The first-order valence-corrected chi connectivity index (χ1v) is 9.17. The minimum absolute atomic E-state index is 0.0310. The fourth-order valence-electron chi connectivity index (χ4n) is 2.98. The molecule has 0 aliphatic carbocycles. The van der Waals surface area contributed by atoms with Crippen molar-refractivity contribution in [3.8, 4) is 5.75 Å². The normalized spacial score (nSPS) is 10.8. The number of amides is 1. The predicted octanol–water partition coefficient (Wildman–Crippen LogP) is 4.55. The van der Waals surface area contributed by atoms with Crippen LogP contribution in [-0.2, 0) is 6.54 Å². The molecule has 0 fully saturated rings. The van der Waals surface area contributed by atoms with Gasteiger partial charge in [0.15, 0.2) is 0 Å². The van der Waals surface area contributed by atoms with Crippen molar-refractivity contribution < 1.29 is 13.9 Å². The summed E-state index contributed by atoms with van der Waals surface area (Å²) in [5, 5.41) is 0.563. The van der Waals surface area contributed by atoms with Crippen LogP contribution in [0.15, 0.2) is 53.1 Å². The van der Waals surface area contributed by atoms with E-state index in [1.807, 2.05) is 50.2 Å². The Morgan fingerprint density at radius 1 is 1.22 bits per heavy atom. The summed E-state index contributed by atoms with van der Waals surface area (Å²) in [6.07, 6.45) is 1.66. The molecule has 142 valence electrons. The monoisotopic (exact) mass is 386 g/mol. The number of hydrogen-bond donors (Lipinski definition) is 0. The highest BCUT2D eigenvalue weighted by Gasteiger charge is 2.19. The SMILES string of the molecule is Cc1cc(C(=O)N(C)CCOc2ccccc2Cl)c(C)n1Cc1ccco1. The fraction of sp³-hybridized carbons (Fsp3) is 0.286. The highest BCUT2D eigenvalue weighted by molar-refractivity contribution is 6.32. The Labute approximate surface area is 164 Å². The summed E-state index contributed by atoms with van der Waals surface area (Å²) in [5.41, 5.74) is 2.64. The quantitative estimate of drug-likeness (QED) is 0.598. The summed E-state index contributed by atoms with van der Waals surface area (Å²) in [5.74, 6) is 1.45. The van der Waals surface area contributed by atoms with E-state index in [2.05, 4.69) is 4.57 Å². The highest BCUT2D eigenvalue weighted by atomic mass is 35.5. The second-order valence-electron chi connectivity index (χ2n) is 6.46. The Morgan fingerprint density at radius 3 is 2.70 bits per heavy atom. The molecule has 2 heterocycles. The van der Waals surface area contributed by atoms with Crippen LogP contribution < -0.4 is 4.74 Å². The number of para-hydroxylation sites is 1. The molecule has 2 aromatic heterocycles. The Bertz CT molecular complexity index is 916. The molecule has 1 aromatic carbocycles. The summed E-state index contributed by atoms with van der Waals surface area (Å²) >= 11 is 6.08. The number of ether oxygens (including phenoxy) is 1. The molecule has 0 atom stereocenters. The Hall–Kier alpha value is -2.66. The minimum atomic E-state index is -0.0310. The van der Waals surface area contributed by atoms with Gasteiger partial charge in [0.2, 0.25) is 0 Å². The Morgan fingerprint density at radius 2 is 2.00 bits per heavy atom. The summed E-state index contributed by atoms with van der Waals surface area (Å²) in [6, 6.07) is 13.0. The van der Waals surface area contributed by atoms with Gasteiger partial charge < -0.3 is 18.6 Å². The van der Waals surface area contributed by atoms with Gasteiger partial charge in [0, 0.05) is 18.4 Å². The minimum Gasteiger partial charge on any atom is -0.490 e. The number of furan rings is 1. The van der Waals surface area contributed by atoms with Crippen LogP contribution >= 0.6 is 11.6 Å². The van der Waals surface area contributed by atoms with Gasteiger partial charge in [-0.3, -0.25) is 4.79 Å². The number of carbonyl (C=O) groups is 1. The summed E-state index contributed by atoms with van der Waals surface area (Å²) in [6.45, 7) is 5.39. The first-order chi connectivity index (χ1) is 13.0. The zero-order valence-corrected chi connectivity index (χ0v) is 16.5. The van der Waals surface area contributed by atoms with E-state index in [4.69, 9.17) is 20.8 Å². The van der Waals surface area contributed by atoms with Crippen LogP contribution in [0.3, 0.4) is 0 Å². The summed E-state index contributed by atoms with van der Waals surface area (Å²) in [7, 11) is 1.77. The number of halogens is 1. The zero-order valence-electron chi connectivity index (χ0n) is 15.7. The number of aryl methyl sites for hydroxylation is 1. The molecule has 0 saturated carbocycles. The number of likely N-dealkylation sites (N-methyl/N-ethyl adjacent to an activating group) is 1. The zero-order chi connectivity index (χ0) is 19.4. The van der Waals surface area contributed by atoms with E-state index in [9.17, 15) is 4.79 Å². The Balaban J connectivity index is 1.64. The van der Waals surface area contributed by atoms with Crippen molar-refractivity contribution in [3.05, 3.63) is 76.5 Å². The van der Waals surface area contributed by atoms with Gasteiger partial charge in [0.25, 0.3) is 5.91 Å². The van der Waals surface area contributed by atoms with Crippen LogP contribution in [0.25, 0.3) is 0 Å². The van der Waals surface area contributed by atoms with Crippen molar-refractivity contribution in [1.82, 2.24) is 9.47 Å². The third-order valence-corrected chi connectivity index (χ3v) is 4.88. The van der Waals surface area contributed by atoms with E-state index >= 15 is 0 Å². The molecule has 5 nitrogen and oxygen atoms in total. The first-order valence-electron chi connectivity index (χ1n) is 8.79. The van der Waals surface area contributed by atoms with Crippen molar-refractivity contribution >= 4 is 17.5 Å². The van der Waals surface area contributed by atoms with Gasteiger partial charge in [0.1, 0.15) is 18.1 Å². The van der Waals surface area contributed by atoms with Crippen molar-refractivity contribution in [3.63, 3.8) is 0 Å². The van der Waals surface area contributed by atoms with Crippen molar-refractivity contribution in [2.75, 3.05) is 20.2 Å². The molecule has 0 unspecified atom stereocenters. The first kappa shape index (κ1) is 19.1. The third-order valence-electron chi connectivity index (χ3n) is 4.57. The van der Waals surface area contributed by atoms with E-state index in [1.54, 1.807) is 24.3 Å². The molecule has 0 saturated heterocycles. The standard InChI is InChI=1S/C21H23ClN2O3/c1-15-13-18(16(2)24(15)14-17-7-6-11-26-17)21(25)23(3)10-12-27-20-9-5-4-8-19(20)22/h4-9,11,13H,10,12,14H2,1-3H3. The number of aromatic nitrogens is 1.